The van der Waals surface area contributed by atoms with Crippen LogP contribution in [-0.4, -0.2) is 39.8 Å². The van der Waals surface area contributed by atoms with Crippen LogP contribution >= 0.6 is 0 Å². The van der Waals surface area contributed by atoms with Crippen molar-refractivity contribution in [3.05, 3.63) is 47.5 Å². The fourth-order valence-corrected chi connectivity index (χ4v) is 2.68. The van der Waals surface area contributed by atoms with Crippen LogP contribution < -0.4 is 19.5 Å². The molecule has 0 fully saturated rings. The lowest BCUT2D eigenvalue weighted by Crippen LogP contribution is -2.21. The predicted octanol–water partition coefficient (Wildman–Crippen LogP) is 3.85. The number of anilines is 1. The highest BCUT2D eigenvalue weighted by Crippen LogP contribution is 2.38. The maximum atomic E-state index is 12.5. The zero-order chi connectivity index (χ0) is 23.0. The molecule has 168 valence electrons. The summed E-state index contributed by atoms with van der Waals surface area (Å²) in [5.74, 6) is 0.0377. The number of aryl methyl sites for hydroxylation is 1. The fourth-order valence-electron chi connectivity index (χ4n) is 2.68. The van der Waals surface area contributed by atoms with Crippen molar-refractivity contribution in [1.29, 1.82) is 0 Å². The van der Waals surface area contributed by atoms with Gasteiger partial charge >= 0.3 is 12.1 Å². The van der Waals surface area contributed by atoms with Gasteiger partial charge in [0, 0.05) is 12.1 Å². The molecular formula is C21H22F3NO6. The summed E-state index contributed by atoms with van der Waals surface area (Å²) in [5.41, 5.74) is 0.0656. The van der Waals surface area contributed by atoms with Gasteiger partial charge in [0.05, 0.1) is 26.9 Å². The maximum Gasteiger partial charge on any atom is 0.416 e. The smallest absolute Gasteiger partial charge is 0.416 e. The third-order valence-electron chi connectivity index (χ3n) is 4.20. The number of rotatable bonds is 9. The van der Waals surface area contributed by atoms with Crippen LogP contribution in [0.5, 0.6) is 17.2 Å². The van der Waals surface area contributed by atoms with Crippen molar-refractivity contribution in [3.63, 3.8) is 0 Å². The van der Waals surface area contributed by atoms with Crippen molar-refractivity contribution >= 4 is 17.6 Å². The van der Waals surface area contributed by atoms with Crippen molar-refractivity contribution in [3.8, 4) is 17.2 Å². The van der Waals surface area contributed by atoms with Crippen molar-refractivity contribution in [1.82, 2.24) is 0 Å². The SMILES string of the molecule is COc1cc(CCC(=O)OCC(=O)Nc2ccc(C(F)(F)F)cc2)cc(OC)c1OC. The zero-order valence-corrected chi connectivity index (χ0v) is 17.2. The second kappa shape index (κ2) is 10.6. The first-order chi connectivity index (χ1) is 14.7. The highest BCUT2D eigenvalue weighted by atomic mass is 19.4. The first-order valence-corrected chi connectivity index (χ1v) is 9.09. The first-order valence-electron chi connectivity index (χ1n) is 9.09. The van der Waals surface area contributed by atoms with Crippen LogP contribution in [0.1, 0.15) is 17.5 Å². The number of ether oxygens (including phenoxy) is 4. The Morgan fingerprint density at radius 1 is 0.935 bits per heavy atom. The number of hydrogen-bond donors (Lipinski definition) is 1. The Balaban J connectivity index is 1.85. The number of carbonyl (C=O) groups excluding carboxylic acids is 2. The van der Waals surface area contributed by atoms with Gasteiger partial charge in [-0.05, 0) is 48.4 Å². The first kappa shape index (κ1) is 23.8. The Morgan fingerprint density at radius 3 is 2.00 bits per heavy atom. The number of halogens is 3. The van der Waals surface area contributed by atoms with Crippen molar-refractivity contribution in [2.45, 2.75) is 19.0 Å². The molecular weight excluding hydrogens is 419 g/mol. The molecule has 0 saturated carbocycles. The molecule has 0 aliphatic heterocycles. The maximum absolute atomic E-state index is 12.5. The molecule has 0 heterocycles. The highest BCUT2D eigenvalue weighted by Gasteiger charge is 2.30. The fraction of sp³-hybridized carbons (Fsp3) is 0.333. The summed E-state index contributed by atoms with van der Waals surface area (Å²) < 4.78 is 58.3. The van der Waals surface area contributed by atoms with Crippen molar-refractivity contribution in [2.24, 2.45) is 0 Å². The molecule has 2 aromatic rings. The number of amides is 1. The molecule has 2 rings (SSSR count). The summed E-state index contributed by atoms with van der Waals surface area (Å²) >= 11 is 0. The second-order valence-electron chi connectivity index (χ2n) is 6.32. The molecule has 1 amide bonds. The van der Waals surface area contributed by atoms with E-state index in [1.807, 2.05) is 0 Å². The van der Waals surface area contributed by atoms with Gasteiger partial charge in [0.25, 0.3) is 5.91 Å². The topological polar surface area (TPSA) is 83.1 Å². The summed E-state index contributed by atoms with van der Waals surface area (Å²) in [4.78, 5) is 23.8. The quantitative estimate of drug-likeness (QED) is 0.596. The number of methoxy groups -OCH3 is 3. The van der Waals surface area contributed by atoms with Crippen molar-refractivity contribution in [2.75, 3.05) is 33.3 Å². The monoisotopic (exact) mass is 441 g/mol. The average Bonchev–Trinajstić information content (AvgIpc) is 2.75. The molecule has 0 radical (unpaired) electrons. The number of hydrogen-bond acceptors (Lipinski definition) is 6. The largest absolute Gasteiger partial charge is 0.493 e. The second-order valence-corrected chi connectivity index (χ2v) is 6.32. The average molecular weight is 441 g/mol. The van der Waals surface area contributed by atoms with Crippen LogP contribution in [-0.2, 0) is 26.9 Å². The summed E-state index contributed by atoms with van der Waals surface area (Å²) in [6.07, 6.45) is -4.17. The number of esters is 1. The Hall–Kier alpha value is -3.43. The Labute approximate surface area is 177 Å². The van der Waals surface area contributed by atoms with E-state index in [-0.39, 0.29) is 12.1 Å². The highest BCUT2D eigenvalue weighted by molar-refractivity contribution is 5.92. The summed E-state index contributed by atoms with van der Waals surface area (Å²) in [6.45, 7) is -0.560. The number of alkyl halides is 3. The molecule has 0 bridgehead atoms. The number of benzene rings is 2. The normalized spacial score (nSPS) is 10.9. The van der Waals surface area contributed by atoms with Gasteiger partial charge in [-0.25, -0.2) is 0 Å². The van der Waals surface area contributed by atoms with Gasteiger partial charge < -0.3 is 24.3 Å². The summed E-state index contributed by atoms with van der Waals surface area (Å²) in [5, 5.41) is 2.36. The molecule has 7 nitrogen and oxygen atoms in total. The standard InChI is InChI=1S/C21H22F3NO6/c1-28-16-10-13(11-17(29-2)20(16)30-3)4-9-19(27)31-12-18(26)25-15-7-5-14(6-8-15)21(22,23)24/h5-8,10-11H,4,9,12H2,1-3H3,(H,25,26). The minimum absolute atomic E-state index is 0.00774. The molecule has 0 unspecified atom stereocenters. The van der Waals surface area contributed by atoms with E-state index in [0.717, 1.165) is 29.8 Å². The van der Waals surface area contributed by atoms with E-state index in [0.29, 0.717) is 23.7 Å². The molecule has 31 heavy (non-hydrogen) atoms. The molecule has 0 aliphatic carbocycles. The van der Waals surface area contributed by atoms with Gasteiger partial charge in [-0.3, -0.25) is 9.59 Å². The minimum Gasteiger partial charge on any atom is -0.493 e. The zero-order valence-electron chi connectivity index (χ0n) is 17.2. The minimum atomic E-state index is -4.46. The number of carbonyl (C=O) groups is 2. The van der Waals surface area contributed by atoms with Crippen LogP contribution in [0.4, 0.5) is 18.9 Å². The lowest BCUT2D eigenvalue weighted by atomic mass is 10.1. The van der Waals surface area contributed by atoms with Crippen LogP contribution in [0.2, 0.25) is 0 Å². The van der Waals surface area contributed by atoms with E-state index in [9.17, 15) is 22.8 Å². The third kappa shape index (κ3) is 6.80. The molecule has 0 spiro atoms. The summed E-state index contributed by atoms with van der Waals surface area (Å²) in [6, 6.07) is 7.33. The molecule has 0 saturated heterocycles. The molecule has 0 aromatic heterocycles. The van der Waals surface area contributed by atoms with Gasteiger partial charge in [0.1, 0.15) is 0 Å². The van der Waals surface area contributed by atoms with Gasteiger partial charge in [-0.2, -0.15) is 13.2 Å². The lowest BCUT2D eigenvalue weighted by Gasteiger charge is -2.14. The Kier molecular flexibility index (Phi) is 8.12. The molecule has 1 N–H and O–H groups in total. The van der Waals surface area contributed by atoms with Gasteiger partial charge in [0.15, 0.2) is 18.1 Å². The van der Waals surface area contributed by atoms with Crippen molar-refractivity contribution < 1.29 is 41.7 Å². The van der Waals surface area contributed by atoms with Crippen LogP contribution in [0, 0.1) is 0 Å². The summed E-state index contributed by atoms with van der Waals surface area (Å²) in [7, 11) is 4.43. The van der Waals surface area contributed by atoms with E-state index in [1.54, 1.807) is 12.1 Å². The molecule has 10 heteroatoms. The van der Waals surface area contributed by atoms with Gasteiger partial charge in [-0.1, -0.05) is 0 Å². The molecule has 2 aromatic carbocycles. The van der Waals surface area contributed by atoms with E-state index >= 15 is 0 Å². The number of nitrogens with one attached hydrogen (secondary N) is 1. The lowest BCUT2D eigenvalue weighted by molar-refractivity contribution is -0.147. The van der Waals surface area contributed by atoms with E-state index in [2.05, 4.69) is 5.32 Å². The van der Waals surface area contributed by atoms with E-state index in [4.69, 9.17) is 18.9 Å². The van der Waals surface area contributed by atoms with E-state index < -0.39 is 30.2 Å². The van der Waals surface area contributed by atoms with E-state index in [1.165, 1.54) is 21.3 Å². The molecule has 0 atom stereocenters. The third-order valence-corrected chi connectivity index (χ3v) is 4.20. The van der Waals surface area contributed by atoms with Gasteiger partial charge in [-0.15, -0.1) is 0 Å². The Bertz CT molecular complexity index is 887. The van der Waals surface area contributed by atoms with Crippen LogP contribution in [0.3, 0.4) is 0 Å². The van der Waals surface area contributed by atoms with Gasteiger partial charge in [0.2, 0.25) is 5.75 Å². The molecule has 0 aliphatic rings. The van der Waals surface area contributed by atoms with Crippen LogP contribution in [0.15, 0.2) is 36.4 Å². The Morgan fingerprint density at radius 2 is 1.52 bits per heavy atom. The predicted molar refractivity (Wildman–Crippen MR) is 105 cm³/mol. The van der Waals surface area contributed by atoms with Crippen LogP contribution in [0.25, 0.3) is 0 Å².